The second-order valence-electron chi connectivity index (χ2n) is 6.01. The van der Waals surface area contributed by atoms with E-state index in [0.717, 1.165) is 35.1 Å². The Morgan fingerprint density at radius 1 is 0.857 bits per heavy atom. The van der Waals surface area contributed by atoms with Gasteiger partial charge in [-0.05, 0) is 61.0 Å². The maximum absolute atomic E-state index is 11.0. The zero-order chi connectivity index (χ0) is 15.8. The number of hydrogen-bond donors (Lipinski definition) is 1. The minimum Gasteiger partial charge on any atom is -0.507 e. The fourth-order valence-electron chi connectivity index (χ4n) is 2.89. The third kappa shape index (κ3) is 4.55. The molecular weight excluding hydrogens is 262 g/mol. The van der Waals surface area contributed by atoms with Crippen LogP contribution in [0, 0.1) is 25.7 Å². The number of aromatic hydroxyl groups is 1. The van der Waals surface area contributed by atoms with Crippen LogP contribution in [0.1, 0.15) is 74.1 Å². The monoisotopic (exact) mass is 291 g/mol. The number of nitroso groups, excluding NO2 is 1. The number of hydrogen-bond acceptors (Lipinski definition) is 3. The van der Waals surface area contributed by atoms with Gasteiger partial charge >= 0.3 is 0 Å². The number of nitrogens with zero attached hydrogens (tertiary/aromatic N) is 1. The molecule has 0 aromatic heterocycles. The molecule has 1 N–H and O–H groups in total. The summed E-state index contributed by atoms with van der Waals surface area (Å²) < 4.78 is 0. The van der Waals surface area contributed by atoms with Crippen molar-refractivity contribution in [2.45, 2.75) is 79.1 Å². The van der Waals surface area contributed by atoms with Crippen molar-refractivity contribution in [2.24, 2.45) is 5.18 Å². The topological polar surface area (TPSA) is 49.7 Å². The van der Waals surface area contributed by atoms with E-state index >= 15 is 0 Å². The van der Waals surface area contributed by atoms with E-state index < -0.39 is 0 Å². The molecule has 118 valence electrons. The highest BCUT2D eigenvalue weighted by molar-refractivity contribution is 5.64. The Bertz CT molecular complexity index is 481. The van der Waals surface area contributed by atoms with Crippen molar-refractivity contribution >= 4 is 5.69 Å². The highest BCUT2D eigenvalue weighted by Gasteiger charge is 2.16. The van der Waals surface area contributed by atoms with Crippen LogP contribution in [-0.4, -0.2) is 5.11 Å². The van der Waals surface area contributed by atoms with Gasteiger partial charge in [-0.3, -0.25) is 0 Å². The molecule has 0 saturated carbocycles. The number of rotatable bonds is 9. The predicted octanol–water partition coefficient (Wildman–Crippen LogP) is 6.01. The van der Waals surface area contributed by atoms with Crippen molar-refractivity contribution in [3.8, 4) is 5.75 Å². The molecule has 1 aromatic rings. The first-order chi connectivity index (χ1) is 10.0. The summed E-state index contributed by atoms with van der Waals surface area (Å²) in [5, 5.41) is 13.5. The normalized spacial score (nSPS) is 10.9. The van der Waals surface area contributed by atoms with E-state index in [0.29, 0.717) is 11.4 Å². The van der Waals surface area contributed by atoms with Crippen molar-refractivity contribution in [3.63, 3.8) is 0 Å². The Hall–Kier alpha value is -1.38. The molecule has 0 amide bonds. The van der Waals surface area contributed by atoms with Gasteiger partial charge in [-0.1, -0.05) is 45.4 Å². The van der Waals surface area contributed by atoms with E-state index in [1.54, 1.807) is 0 Å². The van der Waals surface area contributed by atoms with Crippen molar-refractivity contribution in [1.29, 1.82) is 0 Å². The Morgan fingerprint density at radius 3 is 2.00 bits per heavy atom. The number of unbranched alkanes of at least 4 members (excludes halogenated alkanes) is 6. The van der Waals surface area contributed by atoms with Crippen LogP contribution in [0.25, 0.3) is 0 Å². The van der Waals surface area contributed by atoms with E-state index in [1.165, 1.54) is 38.5 Å². The lowest BCUT2D eigenvalue weighted by atomic mass is 9.93. The molecule has 0 saturated heterocycles. The molecule has 3 heteroatoms. The lowest BCUT2D eigenvalue weighted by Gasteiger charge is -2.15. The molecule has 0 unspecified atom stereocenters. The lowest BCUT2D eigenvalue weighted by molar-refractivity contribution is 0.460. The summed E-state index contributed by atoms with van der Waals surface area (Å²) in [5.74, 6) is 0.350. The minimum absolute atomic E-state index is 0.350. The zero-order valence-corrected chi connectivity index (χ0v) is 14.0. The van der Waals surface area contributed by atoms with Crippen LogP contribution >= 0.6 is 0 Å². The first kappa shape index (κ1) is 17.7. The summed E-state index contributed by atoms with van der Waals surface area (Å²) in [6.45, 7) is 7.81. The van der Waals surface area contributed by atoms with Crippen LogP contribution in [-0.2, 0) is 6.42 Å². The molecule has 0 heterocycles. The Balaban J connectivity index is 2.63. The molecule has 0 aliphatic heterocycles. The van der Waals surface area contributed by atoms with Gasteiger partial charge in [0, 0.05) is 0 Å². The average Bonchev–Trinajstić information content (AvgIpc) is 2.48. The third-order valence-corrected chi connectivity index (χ3v) is 4.49. The molecular formula is C18H29NO2. The largest absolute Gasteiger partial charge is 0.507 e. The summed E-state index contributed by atoms with van der Waals surface area (Å²) in [7, 11) is 0. The van der Waals surface area contributed by atoms with E-state index in [1.807, 2.05) is 20.8 Å². The van der Waals surface area contributed by atoms with Crippen molar-refractivity contribution in [2.75, 3.05) is 0 Å². The van der Waals surface area contributed by atoms with Gasteiger partial charge in [0.2, 0.25) is 0 Å². The number of phenols is 1. The van der Waals surface area contributed by atoms with Crippen LogP contribution < -0.4 is 0 Å². The lowest BCUT2D eigenvalue weighted by Crippen LogP contribution is -1.97. The molecule has 0 fully saturated rings. The Morgan fingerprint density at radius 2 is 1.43 bits per heavy atom. The molecule has 0 radical (unpaired) electrons. The zero-order valence-electron chi connectivity index (χ0n) is 14.0. The summed E-state index contributed by atoms with van der Waals surface area (Å²) in [4.78, 5) is 11.0. The van der Waals surface area contributed by atoms with Crippen LogP contribution in [0.15, 0.2) is 5.18 Å². The molecule has 3 nitrogen and oxygen atoms in total. The van der Waals surface area contributed by atoms with Crippen LogP contribution in [0.2, 0.25) is 0 Å². The van der Waals surface area contributed by atoms with Crippen LogP contribution in [0.5, 0.6) is 5.75 Å². The standard InChI is InChI=1S/C18H29NO2/c1-5-6-7-8-9-10-11-12-16-15(4)17(19-21)13(2)14(3)18(16)20/h20H,5-12H2,1-4H3. The quantitative estimate of drug-likeness (QED) is 0.447. The third-order valence-electron chi connectivity index (χ3n) is 4.49. The molecule has 1 aromatic carbocycles. The second-order valence-corrected chi connectivity index (χ2v) is 6.01. The van der Waals surface area contributed by atoms with Crippen LogP contribution in [0.3, 0.4) is 0 Å². The minimum atomic E-state index is 0.350. The first-order valence-corrected chi connectivity index (χ1v) is 8.19. The molecule has 21 heavy (non-hydrogen) atoms. The van der Waals surface area contributed by atoms with Gasteiger partial charge in [-0.15, -0.1) is 4.91 Å². The van der Waals surface area contributed by atoms with Gasteiger partial charge in [0.25, 0.3) is 0 Å². The predicted molar refractivity (Wildman–Crippen MR) is 89.5 cm³/mol. The summed E-state index contributed by atoms with van der Waals surface area (Å²) in [6.07, 6.45) is 9.54. The average molecular weight is 291 g/mol. The van der Waals surface area contributed by atoms with Gasteiger partial charge in [0.1, 0.15) is 11.4 Å². The number of benzene rings is 1. The SMILES string of the molecule is CCCCCCCCCc1c(C)c(N=O)c(C)c(C)c1O. The summed E-state index contributed by atoms with van der Waals surface area (Å²) in [6, 6.07) is 0. The molecule has 1 rings (SSSR count). The maximum Gasteiger partial charge on any atom is 0.122 e. The van der Waals surface area contributed by atoms with E-state index in [9.17, 15) is 10.0 Å². The molecule has 0 bridgehead atoms. The van der Waals surface area contributed by atoms with Crippen molar-refractivity contribution in [3.05, 3.63) is 27.2 Å². The van der Waals surface area contributed by atoms with Crippen LogP contribution in [0.4, 0.5) is 5.69 Å². The fraction of sp³-hybridized carbons (Fsp3) is 0.667. The Labute approximate surface area is 128 Å². The summed E-state index contributed by atoms with van der Waals surface area (Å²) in [5.41, 5.74) is 3.83. The van der Waals surface area contributed by atoms with Gasteiger partial charge < -0.3 is 5.11 Å². The summed E-state index contributed by atoms with van der Waals surface area (Å²) >= 11 is 0. The second kappa shape index (κ2) is 8.81. The van der Waals surface area contributed by atoms with Gasteiger partial charge in [-0.25, -0.2) is 0 Å². The highest BCUT2D eigenvalue weighted by atomic mass is 16.3. The molecule has 0 atom stereocenters. The van der Waals surface area contributed by atoms with Crippen molar-refractivity contribution < 1.29 is 5.11 Å². The van der Waals surface area contributed by atoms with Gasteiger partial charge in [-0.2, -0.15) is 0 Å². The van der Waals surface area contributed by atoms with E-state index in [-0.39, 0.29) is 0 Å². The fourth-order valence-corrected chi connectivity index (χ4v) is 2.89. The smallest absolute Gasteiger partial charge is 0.122 e. The molecule has 0 aliphatic carbocycles. The van der Waals surface area contributed by atoms with Crippen molar-refractivity contribution in [1.82, 2.24) is 0 Å². The maximum atomic E-state index is 11.0. The number of phenolic OH excluding ortho intramolecular Hbond substituents is 1. The molecule has 0 spiro atoms. The first-order valence-electron chi connectivity index (χ1n) is 8.19. The molecule has 0 aliphatic rings. The van der Waals surface area contributed by atoms with Gasteiger partial charge in [0.15, 0.2) is 0 Å². The highest BCUT2D eigenvalue weighted by Crippen LogP contribution is 2.37. The van der Waals surface area contributed by atoms with E-state index in [2.05, 4.69) is 12.1 Å². The van der Waals surface area contributed by atoms with E-state index in [4.69, 9.17) is 0 Å². The van der Waals surface area contributed by atoms with Gasteiger partial charge in [0.05, 0.1) is 0 Å². The Kier molecular flexibility index (Phi) is 7.41.